The van der Waals surface area contributed by atoms with Crippen molar-refractivity contribution in [1.29, 1.82) is 0 Å². The average Bonchev–Trinajstić information content (AvgIpc) is 3.14. The largest absolute Gasteiger partial charge is 0.497 e. The zero-order valence-corrected chi connectivity index (χ0v) is 16.3. The lowest BCUT2D eigenvalue weighted by Gasteiger charge is -2.11. The Hall–Kier alpha value is -4.02. The maximum absolute atomic E-state index is 13.6. The molecule has 0 aliphatic rings. The molecule has 0 bridgehead atoms. The van der Waals surface area contributed by atoms with Gasteiger partial charge in [0.05, 0.1) is 36.1 Å². The fourth-order valence-electron chi connectivity index (χ4n) is 3.02. The van der Waals surface area contributed by atoms with Crippen molar-refractivity contribution in [3.05, 3.63) is 66.0 Å². The molecule has 4 rings (SSSR count). The summed E-state index contributed by atoms with van der Waals surface area (Å²) >= 11 is 0. The number of ether oxygens (including phenoxy) is 1. The maximum atomic E-state index is 13.6. The van der Waals surface area contributed by atoms with Crippen LogP contribution in [0.5, 0.6) is 5.75 Å². The Kier molecular flexibility index (Phi) is 5.01. The van der Waals surface area contributed by atoms with E-state index in [0.29, 0.717) is 17.0 Å². The molecule has 11 heteroatoms. The van der Waals surface area contributed by atoms with E-state index in [4.69, 9.17) is 4.74 Å². The molecule has 3 heterocycles. The van der Waals surface area contributed by atoms with Gasteiger partial charge in [0.1, 0.15) is 5.75 Å². The zero-order chi connectivity index (χ0) is 22.2. The van der Waals surface area contributed by atoms with E-state index in [1.807, 2.05) is 0 Å². The van der Waals surface area contributed by atoms with Gasteiger partial charge in [0.15, 0.2) is 11.6 Å². The van der Waals surface area contributed by atoms with Crippen molar-refractivity contribution in [2.45, 2.75) is 13.1 Å². The molecule has 1 amide bonds. The number of amides is 1. The predicted molar refractivity (Wildman–Crippen MR) is 105 cm³/mol. The minimum absolute atomic E-state index is 0.0802. The number of pyridine rings is 1. The van der Waals surface area contributed by atoms with Crippen LogP contribution in [-0.4, -0.2) is 37.5 Å². The molecule has 31 heavy (non-hydrogen) atoms. The van der Waals surface area contributed by atoms with E-state index in [2.05, 4.69) is 25.3 Å². The lowest BCUT2D eigenvalue weighted by molar-refractivity contribution is -0.145. The number of carbonyl (C=O) groups is 1. The normalized spacial score (nSPS) is 11.5. The van der Waals surface area contributed by atoms with Crippen LogP contribution in [-0.2, 0) is 6.18 Å². The number of alkyl halides is 3. The lowest BCUT2D eigenvalue weighted by atomic mass is 10.2. The number of nitrogens with zero attached hydrogens (tertiary/aromatic N) is 5. The number of aromatic nitrogens is 5. The SMILES string of the molecule is COc1ccc2c(c1)nc(C(F)(F)F)n2-c1cnc(NC(=O)c2cccnc2C)cn1. The van der Waals surface area contributed by atoms with Gasteiger partial charge in [-0.15, -0.1) is 0 Å². The van der Waals surface area contributed by atoms with Crippen LogP contribution >= 0.6 is 0 Å². The predicted octanol–water partition coefficient (Wildman–Crippen LogP) is 3.80. The van der Waals surface area contributed by atoms with Gasteiger partial charge in [-0.3, -0.25) is 14.3 Å². The van der Waals surface area contributed by atoms with E-state index in [-0.39, 0.29) is 22.7 Å². The molecule has 0 aliphatic carbocycles. The third kappa shape index (κ3) is 3.89. The standard InChI is InChI=1S/C20H15F3N6O2/c1-11-13(4-3-7-24-11)18(30)28-16-9-26-17(10-25-16)29-15-6-5-12(31-2)8-14(15)27-19(29)20(21,22)23/h3-10H,1-2H3,(H,25,28,30). The smallest absolute Gasteiger partial charge is 0.450 e. The van der Waals surface area contributed by atoms with Crippen LogP contribution in [0.1, 0.15) is 21.9 Å². The third-order valence-corrected chi connectivity index (χ3v) is 4.48. The summed E-state index contributed by atoms with van der Waals surface area (Å²) in [6, 6.07) is 7.60. The maximum Gasteiger partial charge on any atom is 0.450 e. The van der Waals surface area contributed by atoms with E-state index < -0.39 is 17.9 Å². The summed E-state index contributed by atoms with van der Waals surface area (Å²) in [6.45, 7) is 1.68. The fourth-order valence-corrected chi connectivity index (χ4v) is 3.02. The van der Waals surface area contributed by atoms with Crippen molar-refractivity contribution in [1.82, 2.24) is 24.5 Å². The summed E-state index contributed by atoms with van der Waals surface area (Å²) in [4.78, 5) is 28.2. The number of benzene rings is 1. The molecular formula is C20H15F3N6O2. The Morgan fingerprint density at radius 2 is 1.94 bits per heavy atom. The van der Waals surface area contributed by atoms with Gasteiger partial charge in [-0.25, -0.2) is 15.0 Å². The third-order valence-electron chi connectivity index (χ3n) is 4.48. The van der Waals surface area contributed by atoms with Crippen molar-refractivity contribution in [3.8, 4) is 11.6 Å². The van der Waals surface area contributed by atoms with Crippen molar-refractivity contribution in [3.63, 3.8) is 0 Å². The van der Waals surface area contributed by atoms with Crippen LogP contribution in [0.4, 0.5) is 19.0 Å². The number of aryl methyl sites for hydroxylation is 1. The zero-order valence-electron chi connectivity index (χ0n) is 16.3. The minimum Gasteiger partial charge on any atom is -0.497 e. The molecule has 0 fully saturated rings. The summed E-state index contributed by atoms with van der Waals surface area (Å²) in [6.07, 6.45) is -0.858. The number of hydrogen-bond donors (Lipinski definition) is 1. The second kappa shape index (κ2) is 7.67. The van der Waals surface area contributed by atoms with Gasteiger partial charge in [0, 0.05) is 18.0 Å². The van der Waals surface area contributed by atoms with Crippen LogP contribution < -0.4 is 10.1 Å². The number of nitrogens with one attached hydrogen (secondary N) is 1. The van der Waals surface area contributed by atoms with Crippen molar-refractivity contribution < 1.29 is 22.7 Å². The molecular weight excluding hydrogens is 413 g/mol. The molecule has 1 N–H and O–H groups in total. The lowest BCUT2D eigenvalue weighted by Crippen LogP contribution is -2.17. The topological polar surface area (TPSA) is 94.8 Å². The highest BCUT2D eigenvalue weighted by atomic mass is 19.4. The van der Waals surface area contributed by atoms with E-state index >= 15 is 0 Å². The van der Waals surface area contributed by atoms with Crippen LogP contribution in [0.15, 0.2) is 48.9 Å². The number of imidazole rings is 1. The van der Waals surface area contributed by atoms with Gasteiger partial charge in [-0.05, 0) is 31.2 Å². The number of hydrogen-bond acceptors (Lipinski definition) is 6. The summed E-state index contributed by atoms with van der Waals surface area (Å²) < 4.78 is 46.7. The highest BCUT2D eigenvalue weighted by molar-refractivity contribution is 6.04. The number of fused-ring (bicyclic) bond motifs is 1. The quantitative estimate of drug-likeness (QED) is 0.531. The summed E-state index contributed by atoms with van der Waals surface area (Å²) in [7, 11) is 1.41. The number of rotatable bonds is 4. The summed E-state index contributed by atoms with van der Waals surface area (Å²) in [5.74, 6) is -1.25. The molecule has 0 unspecified atom stereocenters. The monoisotopic (exact) mass is 428 g/mol. The first-order valence-electron chi connectivity index (χ1n) is 8.97. The Labute approximate surface area is 173 Å². The van der Waals surface area contributed by atoms with Crippen molar-refractivity contribution in [2.24, 2.45) is 0 Å². The average molecular weight is 428 g/mol. The second-order valence-corrected chi connectivity index (χ2v) is 6.47. The molecule has 0 atom stereocenters. The van der Waals surface area contributed by atoms with Gasteiger partial charge >= 0.3 is 6.18 Å². The van der Waals surface area contributed by atoms with E-state index in [1.54, 1.807) is 25.3 Å². The number of anilines is 1. The number of methoxy groups -OCH3 is 1. The van der Waals surface area contributed by atoms with Gasteiger partial charge in [0.2, 0.25) is 5.82 Å². The first kappa shape index (κ1) is 20.3. The molecule has 0 saturated heterocycles. The molecule has 1 aromatic carbocycles. The summed E-state index contributed by atoms with van der Waals surface area (Å²) in [5, 5.41) is 2.55. The van der Waals surface area contributed by atoms with Crippen molar-refractivity contribution in [2.75, 3.05) is 12.4 Å². The second-order valence-electron chi connectivity index (χ2n) is 6.47. The van der Waals surface area contributed by atoms with Crippen LogP contribution in [0, 0.1) is 6.92 Å². The van der Waals surface area contributed by atoms with Gasteiger partial charge in [0.25, 0.3) is 5.91 Å². The van der Waals surface area contributed by atoms with Crippen LogP contribution in [0.3, 0.4) is 0 Å². The number of halogens is 3. The Balaban J connectivity index is 1.70. The Morgan fingerprint density at radius 3 is 2.58 bits per heavy atom. The van der Waals surface area contributed by atoms with Crippen LogP contribution in [0.2, 0.25) is 0 Å². The van der Waals surface area contributed by atoms with Gasteiger partial charge < -0.3 is 10.1 Å². The van der Waals surface area contributed by atoms with E-state index in [1.165, 1.54) is 31.5 Å². The van der Waals surface area contributed by atoms with E-state index in [9.17, 15) is 18.0 Å². The molecule has 8 nitrogen and oxygen atoms in total. The molecule has 158 valence electrons. The molecule has 4 aromatic rings. The molecule has 0 saturated carbocycles. The highest BCUT2D eigenvalue weighted by Gasteiger charge is 2.38. The first-order chi connectivity index (χ1) is 14.8. The highest BCUT2D eigenvalue weighted by Crippen LogP contribution is 2.34. The first-order valence-corrected chi connectivity index (χ1v) is 8.97. The Morgan fingerprint density at radius 1 is 1.13 bits per heavy atom. The molecule has 0 radical (unpaired) electrons. The summed E-state index contributed by atoms with van der Waals surface area (Å²) in [5.41, 5.74) is 1.16. The number of carbonyl (C=O) groups excluding carboxylic acids is 1. The van der Waals surface area contributed by atoms with Gasteiger partial charge in [-0.2, -0.15) is 13.2 Å². The minimum atomic E-state index is -4.72. The Bertz CT molecular complexity index is 1270. The van der Waals surface area contributed by atoms with Gasteiger partial charge in [-0.1, -0.05) is 0 Å². The molecule has 3 aromatic heterocycles. The fraction of sp³-hybridized carbons (Fsp3) is 0.150. The molecule has 0 aliphatic heterocycles. The van der Waals surface area contributed by atoms with Crippen molar-refractivity contribution >= 4 is 22.8 Å². The van der Waals surface area contributed by atoms with Crippen LogP contribution in [0.25, 0.3) is 16.9 Å². The van der Waals surface area contributed by atoms with E-state index in [0.717, 1.165) is 10.8 Å². The molecule has 0 spiro atoms.